The summed E-state index contributed by atoms with van der Waals surface area (Å²) in [5.41, 5.74) is 0. The maximum absolute atomic E-state index is 2.42. The van der Waals surface area contributed by atoms with E-state index in [0.29, 0.717) is 0 Å². The largest absolute Gasteiger partial charge is 0.0625 e. The zero-order valence-electron chi connectivity index (χ0n) is 9.97. The van der Waals surface area contributed by atoms with Crippen LogP contribution in [-0.2, 0) is 0 Å². The summed E-state index contributed by atoms with van der Waals surface area (Å²) in [6, 6.07) is 0. The maximum atomic E-state index is 2.42. The second kappa shape index (κ2) is 4.68. The van der Waals surface area contributed by atoms with Gasteiger partial charge in [0.1, 0.15) is 0 Å². The van der Waals surface area contributed by atoms with Crippen LogP contribution in [0.2, 0.25) is 0 Å². The number of hydrogen-bond donors (Lipinski definition) is 0. The molecule has 0 nitrogen and oxygen atoms in total. The molecule has 0 aliphatic heterocycles. The first-order valence-electron chi connectivity index (χ1n) is 6.75. The molecule has 0 N–H and O–H groups in total. The molecule has 1 unspecified atom stereocenters. The van der Waals surface area contributed by atoms with Gasteiger partial charge in [-0.25, -0.2) is 0 Å². The molecule has 0 bridgehead atoms. The van der Waals surface area contributed by atoms with Crippen molar-refractivity contribution in [3.63, 3.8) is 0 Å². The lowest BCUT2D eigenvalue weighted by Crippen LogP contribution is -2.12. The summed E-state index contributed by atoms with van der Waals surface area (Å²) >= 11 is 0. The highest BCUT2D eigenvalue weighted by atomic mass is 14.4. The monoisotopic (exact) mass is 194 g/mol. The molecule has 0 radical (unpaired) electrons. The molecule has 2 rings (SSSR count). The Bertz CT molecular complexity index is 165. The molecular weight excluding hydrogens is 168 g/mol. The first-order valence-corrected chi connectivity index (χ1v) is 6.75. The van der Waals surface area contributed by atoms with Crippen molar-refractivity contribution in [3.8, 4) is 0 Å². The minimum absolute atomic E-state index is 1.02. The molecule has 0 saturated heterocycles. The molecule has 2 aliphatic rings. The van der Waals surface area contributed by atoms with Gasteiger partial charge in [-0.2, -0.15) is 0 Å². The summed E-state index contributed by atoms with van der Waals surface area (Å²) < 4.78 is 0. The predicted octanol–water partition coefficient (Wildman–Crippen LogP) is 4.64. The topological polar surface area (TPSA) is 0 Å². The van der Waals surface area contributed by atoms with Crippen LogP contribution in [0.5, 0.6) is 0 Å². The molecule has 0 aromatic carbocycles. The fraction of sp³-hybridized carbons (Fsp3) is 1.00. The Morgan fingerprint density at radius 1 is 0.929 bits per heavy atom. The lowest BCUT2D eigenvalue weighted by molar-refractivity contribution is 0.270. The van der Waals surface area contributed by atoms with Crippen LogP contribution in [0, 0.1) is 23.7 Å². The van der Waals surface area contributed by atoms with Gasteiger partial charge in [0.2, 0.25) is 0 Å². The Morgan fingerprint density at radius 2 is 1.57 bits per heavy atom. The van der Waals surface area contributed by atoms with Gasteiger partial charge in [-0.1, -0.05) is 58.8 Å². The van der Waals surface area contributed by atoms with Gasteiger partial charge in [0, 0.05) is 0 Å². The van der Waals surface area contributed by atoms with Crippen LogP contribution in [0.4, 0.5) is 0 Å². The smallest absolute Gasteiger partial charge is 0.0386 e. The third kappa shape index (κ3) is 3.00. The zero-order valence-corrected chi connectivity index (χ0v) is 9.97. The Morgan fingerprint density at radius 3 is 2.14 bits per heavy atom. The average Bonchev–Trinajstić information content (AvgIpc) is 2.86. The molecular formula is C14H26. The van der Waals surface area contributed by atoms with Crippen molar-refractivity contribution in [2.75, 3.05) is 0 Å². The Kier molecular flexibility index (Phi) is 3.52. The quantitative estimate of drug-likeness (QED) is 0.611. The third-order valence-electron chi connectivity index (χ3n) is 4.60. The van der Waals surface area contributed by atoms with Gasteiger partial charge in [-0.3, -0.25) is 0 Å². The summed E-state index contributed by atoms with van der Waals surface area (Å²) in [5.74, 6) is 4.31. The molecule has 0 aromatic heterocycles. The number of hydrogen-bond acceptors (Lipinski definition) is 0. The van der Waals surface area contributed by atoms with Crippen LogP contribution < -0.4 is 0 Å². The van der Waals surface area contributed by atoms with Crippen molar-refractivity contribution in [1.82, 2.24) is 0 Å². The minimum atomic E-state index is 1.02. The van der Waals surface area contributed by atoms with E-state index in [1.54, 1.807) is 0 Å². The van der Waals surface area contributed by atoms with E-state index in [9.17, 15) is 0 Å². The lowest BCUT2D eigenvalue weighted by atomic mass is 9.80. The van der Waals surface area contributed by atoms with Gasteiger partial charge in [-0.15, -0.1) is 0 Å². The van der Waals surface area contributed by atoms with Gasteiger partial charge in [0.15, 0.2) is 0 Å². The van der Waals surface area contributed by atoms with Crippen LogP contribution in [0.15, 0.2) is 0 Å². The van der Waals surface area contributed by atoms with E-state index < -0.39 is 0 Å². The first kappa shape index (κ1) is 10.5. The lowest BCUT2D eigenvalue weighted by Gasteiger charge is -2.26. The van der Waals surface area contributed by atoms with Crippen LogP contribution >= 0.6 is 0 Å². The SMILES string of the molecule is CC1CCC(CCCC2C[C@H]2C)CC1. The van der Waals surface area contributed by atoms with Crippen LogP contribution in [0.3, 0.4) is 0 Å². The molecule has 0 heteroatoms. The third-order valence-corrected chi connectivity index (χ3v) is 4.60. The maximum Gasteiger partial charge on any atom is -0.0386 e. The second-order valence-electron chi connectivity index (χ2n) is 6.03. The number of rotatable bonds is 4. The van der Waals surface area contributed by atoms with Crippen molar-refractivity contribution >= 4 is 0 Å². The molecule has 0 amide bonds. The normalized spacial score (nSPS) is 42.4. The minimum Gasteiger partial charge on any atom is -0.0625 e. The molecule has 2 atom stereocenters. The molecule has 0 spiro atoms. The van der Waals surface area contributed by atoms with Crippen molar-refractivity contribution < 1.29 is 0 Å². The zero-order chi connectivity index (χ0) is 9.97. The first-order chi connectivity index (χ1) is 6.75. The van der Waals surface area contributed by atoms with Crippen LogP contribution in [-0.4, -0.2) is 0 Å². The van der Waals surface area contributed by atoms with E-state index in [4.69, 9.17) is 0 Å². The average molecular weight is 194 g/mol. The van der Waals surface area contributed by atoms with Gasteiger partial charge in [-0.05, 0) is 30.1 Å². The molecule has 2 saturated carbocycles. The fourth-order valence-electron chi connectivity index (χ4n) is 3.09. The molecule has 2 aliphatic carbocycles. The highest BCUT2D eigenvalue weighted by molar-refractivity contribution is 4.82. The summed E-state index contributed by atoms with van der Waals surface area (Å²) in [4.78, 5) is 0. The van der Waals surface area contributed by atoms with E-state index in [-0.39, 0.29) is 0 Å². The fourth-order valence-corrected chi connectivity index (χ4v) is 3.09. The van der Waals surface area contributed by atoms with Gasteiger partial charge < -0.3 is 0 Å². The molecule has 14 heavy (non-hydrogen) atoms. The Hall–Kier alpha value is 0. The van der Waals surface area contributed by atoms with E-state index in [1.807, 2.05) is 0 Å². The summed E-state index contributed by atoms with van der Waals surface area (Å²) in [7, 11) is 0. The highest BCUT2D eigenvalue weighted by Gasteiger charge is 2.31. The van der Waals surface area contributed by atoms with E-state index in [1.165, 1.54) is 51.4 Å². The van der Waals surface area contributed by atoms with Gasteiger partial charge >= 0.3 is 0 Å². The summed E-state index contributed by atoms with van der Waals surface area (Å²) in [6.45, 7) is 4.83. The molecule has 82 valence electrons. The van der Waals surface area contributed by atoms with E-state index in [2.05, 4.69) is 13.8 Å². The molecule has 0 aromatic rings. The standard InChI is InChI=1S/C14H26/c1-11-6-8-13(9-7-11)4-3-5-14-10-12(14)2/h11-14H,3-10H2,1-2H3/t11?,12-,13?,14?/m1/s1. The van der Waals surface area contributed by atoms with Crippen LogP contribution in [0.25, 0.3) is 0 Å². The molecule has 0 heterocycles. The van der Waals surface area contributed by atoms with Crippen molar-refractivity contribution in [2.24, 2.45) is 23.7 Å². The van der Waals surface area contributed by atoms with Gasteiger partial charge in [0.05, 0.1) is 0 Å². The van der Waals surface area contributed by atoms with Crippen molar-refractivity contribution in [1.29, 1.82) is 0 Å². The molecule has 2 fully saturated rings. The van der Waals surface area contributed by atoms with Crippen LogP contribution in [0.1, 0.15) is 65.2 Å². The Balaban J connectivity index is 1.53. The highest BCUT2D eigenvalue weighted by Crippen LogP contribution is 2.42. The Labute approximate surface area is 89.5 Å². The second-order valence-corrected chi connectivity index (χ2v) is 6.03. The summed E-state index contributed by atoms with van der Waals surface area (Å²) in [6.07, 6.45) is 12.2. The van der Waals surface area contributed by atoms with Crippen molar-refractivity contribution in [3.05, 3.63) is 0 Å². The summed E-state index contributed by atoms with van der Waals surface area (Å²) in [5, 5.41) is 0. The predicted molar refractivity (Wildman–Crippen MR) is 62.2 cm³/mol. The van der Waals surface area contributed by atoms with Gasteiger partial charge in [0.25, 0.3) is 0 Å². The van der Waals surface area contributed by atoms with E-state index in [0.717, 1.165) is 23.7 Å². The van der Waals surface area contributed by atoms with Crippen molar-refractivity contribution in [2.45, 2.75) is 65.2 Å². The van der Waals surface area contributed by atoms with E-state index >= 15 is 0 Å².